The number of nitrogens with zero attached hydrogens (tertiary/aromatic N) is 2. The number of hydrogen-bond donors (Lipinski definition) is 2. The first-order valence-corrected chi connectivity index (χ1v) is 8.53. The highest BCUT2D eigenvalue weighted by Gasteiger charge is 2.22. The van der Waals surface area contributed by atoms with Gasteiger partial charge in [0.25, 0.3) is 5.91 Å². The van der Waals surface area contributed by atoms with Gasteiger partial charge in [-0.3, -0.25) is 4.79 Å². The number of nitrogens with one attached hydrogen (secondary N) is 1. The van der Waals surface area contributed by atoms with E-state index in [4.69, 9.17) is 11.6 Å². The summed E-state index contributed by atoms with van der Waals surface area (Å²) in [6.45, 7) is 8.21. The first-order valence-electron chi connectivity index (χ1n) is 8.16. The Kier molecular flexibility index (Phi) is 5.87. The third kappa shape index (κ3) is 5.36. The molecule has 5 nitrogen and oxygen atoms in total. The first-order chi connectivity index (χ1) is 10.8. The van der Waals surface area contributed by atoms with Crippen LogP contribution < -0.4 is 10.2 Å². The zero-order valence-corrected chi connectivity index (χ0v) is 14.9. The van der Waals surface area contributed by atoms with E-state index < -0.39 is 0 Å². The largest absolute Gasteiger partial charge is 0.393 e. The molecule has 128 valence electrons. The van der Waals surface area contributed by atoms with E-state index in [0.717, 1.165) is 31.7 Å². The summed E-state index contributed by atoms with van der Waals surface area (Å²) in [4.78, 5) is 18.9. The Morgan fingerprint density at radius 2 is 2.09 bits per heavy atom. The van der Waals surface area contributed by atoms with Crippen LogP contribution in [0.4, 0.5) is 5.82 Å². The fourth-order valence-corrected chi connectivity index (χ4v) is 3.22. The predicted octanol–water partition coefficient (Wildman–Crippen LogP) is 2.86. The third-order valence-electron chi connectivity index (χ3n) is 4.05. The van der Waals surface area contributed by atoms with Crippen LogP contribution in [0.15, 0.2) is 12.1 Å². The third-order valence-corrected chi connectivity index (χ3v) is 4.24. The summed E-state index contributed by atoms with van der Waals surface area (Å²) in [5.74, 6) is 0.608. The molecule has 23 heavy (non-hydrogen) atoms. The topological polar surface area (TPSA) is 65.5 Å². The highest BCUT2D eigenvalue weighted by Crippen LogP contribution is 2.23. The lowest BCUT2D eigenvalue weighted by molar-refractivity contribution is 0.0902. The van der Waals surface area contributed by atoms with E-state index in [-0.39, 0.29) is 17.4 Å². The van der Waals surface area contributed by atoms with Gasteiger partial charge in [0.05, 0.1) is 6.10 Å². The average molecular weight is 340 g/mol. The number of aliphatic hydroxyl groups is 1. The number of hydrogen-bond acceptors (Lipinski definition) is 4. The number of pyridine rings is 1. The molecule has 1 unspecified atom stereocenters. The molecule has 1 aromatic heterocycles. The molecule has 1 aliphatic heterocycles. The van der Waals surface area contributed by atoms with E-state index in [1.165, 1.54) is 0 Å². The molecule has 0 aliphatic carbocycles. The lowest BCUT2D eigenvalue weighted by atomic mass is 9.87. The molecule has 0 aromatic carbocycles. The number of carbonyl (C=O) groups is 1. The van der Waals surface area contributed by atoms with Crippen LogP contribution in [0, 0.1) is 5.41 Å². The molecule has 1 saturated heterocycles. The number of carbonyl (C=O) groups excluding carboxylic acids is 1. The quantitative estimate of drug-likeness (QED) is 0.782. The maximum atomic E-state index is 12.4. The maximum Gasteiger partial charge on any atom is 0.251 e. The number of aliphatic hydroxyl groups excluding tert-OH is 1. The molecule has 2 rings (SSSR count). The van der Waals surface area contributed by atoms with E-state index in [1.807, 2.05) is 13.8 Å². The van der Waals surface area contributed by atoms with Gasteiger partial charge in [-0.25, -0.2) is 4.98 Å². The van der Waals surface area contributed by atoms with Crippen molar-refractivity contribution in [2.75, 3.05) is 24.5 Å². The van der Waals surface area contributed by atoms with Crippen molar-refractivity contribution < 1.29 is 9.90 Å². The zero-order chi connectivity index (χ0) is 17.0. The van der Waals surface area contributed by atoms with Crippen molar-refractivity contribution in [3.05, 3.63) is 22.8 Å². The number of anilines is 1. The van der Waals surface area contributed by atoms with E-state index in [0.29, 0.717) is 23.7 Å². The normalized spacial score (nSPS) is 16.5. The predicted molar refractivity (Wildman–Crippen MR) is 93.1 cm³/mol. The fourth-order valence-electron chi connectivity index (χ4n) is 3.02. The molecular formula is C17H26ClN3O2. The standard InChI is InChI=1S/C17H26ClN3O2/c1-12(22)10-17(2,3)11-19-16(23)13-8-14(18)20-15(9-13)21-6-4-5-7-21/h8-9,12,22H,4-7,10-11H2,1-3H3,(H,19,23). The van der Waals surface area contributed by atoms with Crippen LogP contribution in [-0.2, 0) is 0 Å². The van der Waals surface area contributed by atoms with E-state index >= 15 is 0 Å². The SMILES string of the molecule is CC(O)CC(C)(C)CNC(=O)c1cc(Cl)nc(N2CCCC2)c1. The number of halogens is 1. The van der Waals surface area contributed by atoms with Gasteiger partial charge < -0.3 is 15.3 Å². The molecule has 0 radical (unpaired) electrons. The lowest BCUT2D eigenvalue weighted by Crippen LogP contribution is -2.35. The zero-order valence-electron chi connectivity index (χ0n) is 14.1. The van der Waals surface area contributed by atoms with Crippen LogP contribution in [-0.4, -0.2) is 41.7 Å². The fraction of sp³-hybridized carbons (Fsp3) is 0.647. The van der Waals surface area contributed by atoms with Crippen molar-refractivity contribution in [3.8, 4) is 0 Å². The van der Waals surface area contributed by atoms with Crippen LogP contribution in [0.2, 0.25) is 5.15 Å². The van der Waals surface area contributed by atoms with Gasteiger partial charge in [-0.05, 0) is 43.7 Å². The van der Waals surface area contributed by atoms with Crippen LogP contribution in [0.3, 0.4) is 0 Å². The minimum Gasteiger partial charge on any atom is -0.393 e. The highest BCUT2D eigenvalue weighted by molar-refractivity contribution is 6.29. The molecule has 0 spiro atoms. The van der Waals surface area contributed by atoms with Gasteiger partial charge >= 0.3 is 0 Å². The molecule has 1 atom stereocenters. The minimum atomic E-state index is -0.390. The first kappa shape index (κ1) is 18.0. The highest BCUT2D eigenvalue weighted by atomic mass is 35.5. The number of rotatable bonds is 6. The van der Waals surface area contributed by atoms with Crippen LogP contribution in [0.1, 0.15) is 50.4 Å². The Hall–Kier alpha value is -1.33. The van der Waals surface area contributed by atoms with Crippen molar-refractivity contribution in [1.29, 1.82) is 0 Å². The number of amides is 1. The van der Waals surface area contributed by atoms with Crippen molar-refractivity contribution in [2.24, 2.45) is 5.41 Å². The molecular weight excluding hydrogens is 314 g/mol. The monoisotopic (exact) mass is 339 g/mol. The molecule has 1 aliphatic rings. The van der Waals surface area contributed by atoms with Gasteiger partial charge in [-0.2, -0.15) is 0 Å². The summed E-state index contributed by atoms with van der Waals surface area (Å²) in [6.07, 6.45) is 2.52. The smallest absolute Gasteiger partial charge is 0.251 e. The summed E-state index contributed by atoms with van der Waals surface area (Å²) >= 11 is 6.08. The Bertz CT molecular complexity index is 555. The van der Waals surface area contributed by atoms with E-state index in [9.17, 15) is 9.90 Å². The second-order valence-electron chi connectivity index (χ2n) is 7.13. The van der Waals surface area contributed by atoms with Gasteiger partial charge in [0.15, 0.2) is 0 Å². The molecule has 1 amide bonds. The van der Waals surface area contributed by atoms with Gasteiger partial charge in [0.1, 0.15) is 11.0 Å². The lowest BCUT2D eigenvalue weighted by Gasteiger charge is -2.26. The molecule has 0 saturated carbocycles. The molecule has 0 bridgehead atoms. The van der Waals surface area contributed by atoms with E-state index in [2.05, 4.69) is 15.2 Å². The second-order valence-corrected chi connectivity index (χ2v) is 7.52. The van der Waals surface area contributed by atoms with Crippen LogP contribution in [0.25, 0.3) is 0 Å². The Balaban J connectivity index is 2.04. The molecule has 1 aromatic rings. The average Bonchev–Trinajstić information content (AvgIpc) is 2.97. The summed E-state index contributed by atoms with van der Waals surface area (Å²) < 4.78 is 0. The van der Waals surface area contributed by atoms with Crippen LogP contribution >= 0.6 is 11.6 Å². The van der Waals surface area contributed by atoms with E-state index in [1.54, 1.807) is 19.1 Å². The van der Waals surface area contributed by atoms with Crippen LogP contribution in [0.5, 0.6) is 0 Å². The molecule has 2 N–H and O–H groups in total. The number of aromatic nitrogens is 1. The van der Waals surface area contributed by atoms with Gasteiger partial charge in [0.2, 0.25) is 0 Å². The van der Waals surface area contributed by atoms with Crippen molar-refractivity contribution in [1.82, 2.24) is 10.3 Å². The molecule has 2 heterocycles. The maximum absolute atomic E-state index is 12.4. The van der Waals surface area contributed by atoms with Crippen molar-refractivity contribution in [3.63, 3.8) is 0 Å². The molecule has 1 fully saturated rings. The van der Waals surface area contributed by atoms with Gasteiger partial charge in [0, 0.05) is 25.2 Å². The van der Waals surface area contributed by atoms with Crippen molar-refractivity contribution >= 4 is 23.3 Å². The summed E-state index contributed by atoms with van der Waals surface area (Å²) in [5, 5.41) is 12.8. The second kappa shape index (κ2) is 7.49. The summed E-state index contributed by atoms with van der Waals surface area (Å²) in [6, 6.07) is 3.40. The van der Waals surface area contributed by atoms with Gasteiger partial charge in [-0.1, -0.05) is 25.4 Å². The summed E-state index contributed by atoms with van der Waals surface area (Å²) in [7, 11) is 0. The minimum absolute atomic E-state index is 0.159. The Morgan fingerprint density at radius 3 is 2.70 bits per heavy atom. The Morgan fingerprint density at radius 1 is 1.43 bits per heavy atom. The molecule has 6 heteroatoms. The van der Waals surface area contributed by atoms with Gasteiger partial charge in [-0.15, -0.1) is 0 Å². The summed E-state index contributed by atoms with van der Waals surface area (Å²) in [5.41, 5.74) is 0.359. The Labute approximate surface area is 143 Å². The van der Waals surface area contributed by atoms with Crippen molar-refractivity contribution in [2.45, 2.75) is 46.1 Å².